The fraction of sp³-hybridized carbons (Fsp3) is 1.00. The molecule has 0 saturated heterocycles. The van der Waals surface area contributed by atoms with Gasteiger partial charge in [0.25, 0.3) is 0 Å². The van der Waals surface area contributed by atoms with Crippen molar-refractivity contribution in [3.05, 3.63) is 0 Å². The molecular weight excluding hydrogens is 242 g/mol. The zero-order valence-corrected chi connectivity index (χ0v) is 11.7. The number of unbranched alkanes of at least 4 members (excludes halogenated alkanes) is 3. The average molecular weight is 266 g/mol. The standard InChI is InChI=1S/C6H14.C3H8O.CHCl3/c1-3-5-6-4-2;1-2-3-4;2-1(3)4/h3-6H2,1-2H3;4H,2-3H2,1H3;1H. The molecule has 0 aromatic carbocycles. The van der Waals surface area contributed by atoms with Crippen molar-refractivity contribution in [1.29, 1.82) is 0 Å². The molecule has 0 spiro atoms. The Morgan fingerprint density at radius 3 is 1.14 bits per heavy atom. The van der Waals surface area contributed by atoms with Gasteiger partial charge in [-0.1, -0.05) is 81.3 Å². The Hall–Kier alpha value is 0.830. The topological polar surface area (TPSA) is 20.2 Å². The van der Waals surface area contributed by atoms with Crippen LogP contribution in [0.4, 0.5) is 0 Å². The quantitative estimate of drug-likeness (QED) is 0.562. The second kappa shape index (κ2) is 23.6. The second-order valence-corrected chi connectivity index (χ2v) is 4.66. The normalized spacial score (nSPS) is 8.57. The molecule has 0 heterocycles. The first-order chi connectivity index (χ1) is 6.56. The number of hydrogen-bond acceptors (Lipinski definition) is 1. The van der Waals surface area contributed by atoms with Crippen molar-refractivity contribution in [3.63, 3.8) is 0 Å². The lowest BCUT2D eigenvalue weighted by atomic mass is 10.2. The lowest BCUT2D eigenvalue weighted by Gasteiger charge is -1.86. The van der Waals surface area contributed by atoms with E-state index in [-0.39, 0.29) is 0 Å². The molecule has 1 N–H and O–H groups in total. The van der Waals surface area contributed by atoms with Gasteiger partial charge in [0.15, 0.2) is 4.30 Å². The van der Waals surface area contributed by atoms with Crippen LogP contribution in [-0.2, 0) is 0 Å². The molecule has 0 fully saturated rings. The van der Waals surface area contributed by atoms with Crippen LogP contribution in [0, 0.1) is 0 Å². The molecule has 0 bridgehead atoms. The zero-order chi connectivity index (χ0) is 11.8. The molecule has 0 saturated carbocycles. The van der Waals surface area contributed by atoms with Crippen molar-refractivity contribution in [2.24, 2.45) is 0 Å². The van der Waals surface area contributed by atoms with Gasteiger partial charge in [0.1, 0.15) is 0 Å². The highest BCUT2D eigenvalue weighted by Crippen LogP contribution is 2.03. The molecule has 0 radical (unpaired) electrons. The van der Waals surface area contributed by atoms with Crippen molar-refractivity contribution in [2.75, 3.05) is 6.61 Å². The van der Waals surface area contributed by atoms with E-state index in [0.29, 0.717) is 6.61 Å². The van der Waals surface area contributed by atoms with E-state index in [1.54, 1.807) is 0 Å². The van der Waals surface area contributed by atoms with Crippen molar-refractivity contribution in [3.8, 4) is 0 Å². The van der Waals surface area contributed by atoms with Crippen LogP contribution in [0.1, 0.15) is 52.9 Å². The molecule has 1 nitrogen and oxygen atoms in total. The van der Waals surface area contributed by atoms with Gasteiger partial charge in [-0.25, -0.2) is 0 Å². The Bertz CT molecular complexity index is 61.6. The summed E-state index contributed by atoms with van der Waals surface area (Å²) in [6.07, 6.45) is 6.41. The highest BCUT2D eigenvalue weighted by Gasteiger charge is 1.79. The number of aliphatic hydroxyl groups excluding tert-OH is 1. The van der Waals surface area contributed by atoms with Crippen LogP contribution in [0.15, 0.2) is 0 Å². The summed E-state index contributed by atoms with van der Waals surface area (Å²) >= 11 is 14.4. The van der Waals surface area contributed by atoms with Gasteiger partial charge in [-0.2, -0.15) is 0 Å². The van der Waals surface area contributed by atoms with E-state index >= 15 is 0 Å². The highest BCUT2D eigenvalue weighted by molar-refractivity contribution is 6.63. The lowest BCUT2D eigenvalue weighted by molar-refractivity contribution is 0.295. The fourth-order valence-electron chi connectivity index (χ4n) is 0.500. The predicted octanol–water partition coefficient (Wildman–Crippen LogP) is 4.96. The summed E-state index contributed by atoms with van der Waals surface area (Å²) in [6.45, 7) is 6.71. The third kappa shape index (κ3) is 77.0. The van der Waals surface area contributed by atoms with Crippen LogP contribution in [0.25, 0.3) is 0 Å². The van der Waals surface area contributed by atoms with Gasteiger partial charge in [0, 0.05) is 6.61 Å². The maximum Gasteiger partial charge on any atom is 0.180 e. The van der Waals surface area contributed by atoms with Crippen LogP contribution in [0.2, 0.25) is 0 Å². The SMILES string of the molecule is CCCCCC.CCCO.ClC(Cl)Cl. The minimum atomic E-state index is -0.750. The minimum Gasteiger partial charge on any atom is -0.396 e. The molecule has 0 atom stereocenters. The molecule has 0 amide bonds. The Kier molecular flexibility index (Phi) is 34.1. The van der Waals surface area contributed by atoms with E-state index in [9.17, 15) is 0 Å². The molecule has 0 aromatic rings. The molecule has 0 aliphatic rings. The molecule has 4 heteroatoms. The zero-order valence-electron chi connectivity index (χ0n) is 9.40. The van der Waals surface area contributed by atoms with Gasteiger partial charge >= 0.3 is 0 Å². The number of rotatable bonds is 4. The van der Waals surface area contributed by atoms with Gasteiger partial charge in [-0.3, -0.25) is 0 Å². The van der Waals surface area contributed by atoms with E-state index in [0.717, 1.165) is 6.42 Å². The third-order valence-corrected chi connectivity index (χ3v) is 1.18. The van der Waals surface area contributed by atoms with Crippen molar-refractivity contribution >= 4 is 34.8 Å². The molecule has 0 aliphatic heterocycles. The van der Waals surface area contributed by atoms with Crippen LogP contribution in [0.3, 0.4) is 0 Å². The van der Waals surface area contributed by atoms with Gasteiger partial charge < -0.3 is 5.11 Å². The third-order valence-electron chi connectivity index (χ3n) is 1.18. The average Bonchev–Trinajstić information content (AvgIpc) is 2.14. The lowest BCUT2D eigenvalue weighted by Crippen LogP contribution is -1.69. The van der Waals surface area contributed by atoms with E-state index in [2.05, 4.69) is 13.8 Å². The Labute approximate surface area is 104 Å². The van der Waals surface area contributed by atoms with E-state index < -0.39 is 4.30 Å². The van der Waals surface area contributed by atoms with Crippen molar-refractivity contribution in [1.82, 2.24) is 0 Å². The smallest absolute Gasteiger partial charge is 0.180 e. The second-order valence-electron chi connectivity index (χ2n) is 2.68. The largest absolute Gasteiger partial charge is 0.396 e. The monoisotopic (exact) mass is 264 g/mol. The molecular formula is C10H23Cl3O. The van der Waals surface area contributed by atoms with Crippen molar-refractivity contribution in [2.45, 2.75) is 57.2 Å². The van der Waals surface area contributed by atoms with Crippen LogP contribution < -0.4 is 0 Å². The maximum absolute atomic E-state index is 7.88. The molecule has 0 unspecified atom stereocenters. The van der Waals surface area contributed by atoms with Crippen LogP contribution in [-0.4, -0.2) is 16.0 Å². The summed E-state index contributed by atoms with van der Waals surface area (Å²) in [5, 5.41) is 7.88. The van der Waals surface area contributed by atoms with Gasteiger partial charge in [0.05, 0.1) is 0 Å². The van der Waals surface area contributed by atoms with Gasteiger partial charge in [-0.15, -0.1) is 0 Å². The van der Waals surface area contributed by atoms with Crippen LogP contribution >= 0.6 is 34.8 Å². The Balaban J connectivity index is -0.000000135. The van der Waals surface area contributed by atoms with Crippen molar-refractivity contribution < 1.29 is 5.11 Å². The summed E-state index contributed by atoms with van der Waals surface area (Å²) in [5.74, 6) is 0. The first-order valence-electron chi connectivity index (χ1n) is 5.09. The predicted molar refractivity (Wildman–Crippen MR) is 68.5 cm³/mol. The molecule has 0 rings (SSSR count). The van der Waals surface area contributed by atoms with E-state index in [1.807, 2.05) is 6.92 Å². The fourth-order valence-corrected chi connectivity index (χ4v) is 0.500. The van der Waals surface area contributed by atoms with Gasteiger partial charge in [-0.05, 0) is 6.42 Å². The van der Waals surface area contributed by atoms with E-state index in [4.69, 9.17) is 39.9 Å². The summed E-state index contributed by atoms with van der Waals surface area (Å²) in [6, 6.07) is 0. The number of aliphatic hydroxyl groups is 1. The molecule has 90 valence electrons. The molecule has 0 aliphatic carbocycles. The first kappa shape index (κ1) is 20.3. The summed E-state index contributed by atoms with van der Waals surface area (Å²) in [7, 11) is 0. The number of halogens is 3. The number of hydrogen-bond donors (Lipinski definition) is 1. The summed E-state index contributed by atoms with van der Waals surface area (Å²) in [5.41, 5.74) is 0. The highest BCUT2D eigenvalue weighted by atomic mass is 35.6. The van der Waals surface area contributed by atoms with Gasteiger partial charge in [0.2, 0.25) is 0 Å². The van der Waals surface area contributed by atoms with E-state index in [1.165, 1.54) is 25.7 Å². The maximum atomic E-state index is 7.88. The molecule has 14 heavy (non-hydrogen) atoms. The van der Waals surface area contributed by atoms with Crippen LogP contribution in [0.5, 0.6) is 0 Å². The Morgan fingerprint density at radius 2 is 1.07 bits per heavy atom. The summed E-state index contributed by atoms with van der Waals surface area (Å²) < 4.78 is -0.750. The number of alkyl halides is 3. The Morgan fingerprint density at radius 1 is 0.857 bits per heavy atom. The minimum absolute atomic E-state index is 0.319. The first-order valence-corrected chi connectivity index (χ1v) is 6.40. The summed E-state index contributed by atoms with van der Waals surface area (Å²) in [4.78, 5) is 0. The molecule has 0 aromatic heterocycles.